The normalized spacial score (nSPS) is 13.9. The molecule has 22 heavy (non-hydrogen) atoms. The lowest BCUT2D eigenvalue weighted by molar-refractivity contribution is 0.0955. The van der Waals surface area contributed by atoms with Gasteiger partial charge in [0.1, 0.15) is 0 Å². The predicted molar refractivity (Wildman–Crippen MR) is 93.3 cm³/mol. The van der Waals surface area contributed by atoms with E-state index in [0.717, 1.165) is 20.4 Å². The van der Waals surface area contributed by atoms with Gasteiger partial charge in [0.15, 0.2) is 0 Å². The number of rotatable bonds is 6. The maximum absolute atomic E-state index is 12.0. The minimum Gasteiger partial charge on any atom is -0.477 e. The van der Waals surface area contributed by atoms with Crippen LogP contribution in [-0.4, -0.2) is 17.5 Å². The molecule has 0 aliphatic heterocycles. The fourth-order valence-electron chi connectivity index (χ4n) is 1.82. The summed E-state index contributed by atoms with van der Waals surface area (Å²) in [5, 5.41) is 2.88. The summed E-state index contributed by atoms with van der Waals surface area (Å²) < 4.78 is 7.39. The van der Waals surface area contributed by atoms with Crippen LogP contribution in [0.25, 0.3) is 0 Å². The first-order valence-electron chi connectivity index (χ1n) is 6.92. The molecule has 1 aliphatic carbocycles. The van der Waals surface area contributed by atoms with Crippen LogP contribution in [-0.2, 0) is 6.54 Å². The molecular formula is C15H14Br2N2O2S. The Morgan fingerprint density at radius 1 is 1.41 bits per heavy atom. The van der Waals surface area contributed by atoms with Gasteiger partial charge in [-0.1, -0.05) is 6.07 Å². The molecule has 2 aromatic rings. The maximum atomic E-state index is 12.0. The number of hydrogen-bond donors (Lipinski definition) is 1. The Bertz CT molecular complexity index is 649. The minimum atomic E-state index is -0.0922. The second-order valence-electron chi connectivity index (χ2n) is 5.17. The van der Waals surface area contributed by atoms with E-state index < -0.39 is 0 Å². The van der Waals surface area contributed by atoms with E-state index in [0.29, 0.717) is 23.2 Å². The zero-order valence-electron chi connectivity index (χ0n) is 11.6. The molecule has 0 atom stereocenters. The summed E-state index contributed by atoms with van der Waals surface area (Å²) in [7, 11) is 0. The molecule has 1 aliphatic rings. The van der Waals surface area contributed by atoms with E-state index in [9.17, 15) is 4.79 Å². The topological polar surface area (TPSA) is 51.2 Å². The molecule has 0 saturated heterocycles. The van der Waals surface area contributed by atoms with E-state index in [1.165, 1.54) is 24.2 Å². The van der Waals surface area contributed by atoms with Crippen molar-refractivity contribution in [2.75, 3.05) is 6.61 Å². The number of amides is 1. The largest absolute Gasteiger partial charge is 0.477 e. The number of aromatic nitrogens is 1. The van der Waals surface area contributed by atoms with Crippen molar-refractivity contribution >= 4 is 49.1 Å². The van der Waals surface area contributed by atoms with Crippen LogP contribution in [0.4, 0.5) is 0 Å². The summed E-state index contributed by atoms with van der Waals surface area (Å²) in [6.07, 6.45) is 4.26. The fourth-order valence-corrected chi connectivity index (χ4v) is 3.77. The summed E-state index contributed by atoms with van der Waals surface area (Å²) in [6, 6.07) is 5.58. The number of halogens is 2. The van der Waals surface area contributed by atoms with Crippen molar-refractivity contribution in [3.8, 4) is 5.88 Å². The molecule has 1 N–H and O–H groups in total. The van der Waals surface area contributed by atoms with Gasteiger partial charge in [0.2, 0.25) is 5.88 Å². The third-order valence-corrected chi connectivity index (χ3v) is 6.54. The van der Waals surface area contributed by atoms with Crippen LogP contribution in [0, 0.1) is 5.92 Å². The highest BCUT2D eigenvalue weighted by atomic mass is 79.9. The standard InChI is InChI=1S/C15H14Br2N2O2S/c16-11-5-12(22-14(11)17)15(20)19-7-10-3-4-13(18-6-10)21-8-9-1-2-9/h3-6,9H,1-2,7-8H2,(H,19,20). The van der Waals surface area contributed by atoms with Crippen molar-refractivity contribution in [3.63, 3.8) is 0 Å². The van der Waals surface area contributed by atoms with E-state index in [2.05, 4.69) is 42.2 Å². The van der Waals surface area contributed by atoms with Crippen LogP contribution in [0.5, 0.6) is 5.88 Å². The van der Waals surface area contributed by atoms with Gasteiger partial charge >= 0.3 is 0 Å². The Kier molecular flexibility index (Phi) is 5.15. The molecule has 7 heteroatoms. The number of thiophene rings is 1. The van der Waals surface area contributed by atoms with E-state index in [4.69, 9.17) is 4.74 Å². The van der Waals surface area contributed by atoms with Crippen molar-refractivity contribution in [1.82, 2.24) is 10.3 Å². The first kappa shape index (κ1) is 16.0. The molecule has 116 valence electrons. The first-order valence-corrected chi connectivity index (χ1v) is 9.33. The SMILES string of the molecule is O=C(NCc1ccc(OCC2CC2)nc1)c1cc(Br)c(Br)s1. The molecule has 3 rings (SSSR count). The van der Waals surface area contributed by atoms with Gasteiger partial charge in [-0.3, -0.25) is 4.79 Å². The van der Waals surface area contributed by atoms with E-state index >= 15 is 0 Å². The molecule has 1 saturated carbocycles. The lowest BCUT2D eigenvalue weighted by Crippen LogP contribution is -2.21. The molecule has 2 heterocycles. The second kappa shape index (κ2) is 7.10. The summed E-state index contributed by atoms with van der Waals surface area (Å²) >= 11 is 8.16. The molecular weight excluding hydrogens is 432 g/mol. The zero-order chi connectivity index (χ0) is 15.5. The van der Waals surface area contributed by atoms with E-state index in [1.807, 2.05) is 12.1 Å². The number of nitrogens with one attached hydrogen (secondary N) is 1. The van der Waals surface area contributed by atoms with Crippen LogP contribution in [0.3, 0.4) is 0 Å². The van der Waals surface area contributed by atoms with E-state index in [1.54, 1.807) is 12.3 Å². The molecule has 0 spiro atoms. The molecule has 1 fully saturated rings. The number of pyridine rings is 1. The van der Waals surface area contributed by atoms with Crippen LogP contribution in [0.15, 0.2) is 32.7 Å². The van der Waals surface area contributed by atoms with Crippen LogP contribution in [0.1, 0.15) is 28.1 Å². The Balaban J connectivity index is 1.50. The second-order valence-corrected chi connectivity index (χ2v) is 8.40. The molecule has 4 nitrogen and oxygen atoms in total. The molecule has 0 unspecified atom stereocenters. The average Bonchev–Trinajstić information content (AvgIpc) is 3.29. The van der Waals surface area contributed by atoms with Gasteiger partial charge in [0, 0.05) is 23.3 Å². The minimum absolute atomic E-state index is 0.0922. The van der Waals surface area contributed by atoms with Gasteiger partial charge in [-0.25, -0.2) is 4.98 Å². The monoisotopic (exact) mass is 444 g/mol. The molecule has 0 radical (unpaired) electrons. The number of ether oxygens (including phenoxy) is 1. The zero-order valence-corrected chi connectivity index (χ0v) is 15.6. The molecule has 1 amide bonds. The smallest absolute Gasteiger partial charge is 0.261 e. The maximum Gasteiger partial charge on any atom is 0.261 e. The number of nitrogens with zero attached hydrogens (tertiary/aromatic N) is 1. The molecule has 0 bridgehead atoms. The summed E-state index contributed by atoms with van der Waals surface area (Å²) in [5.41, 5.74) is 0.946. The number of carbonyl (C=O) groups excluding carboxylic acids is 1. The third-order valence-electron chi connectivity index (χ3n) is 3.28. The van der Waals surface area contributed by atoms with Crippen LogP contribution < -0.4 is 10.1 Å². The summed E-state index contributed by atoms with van der Waals surface area (Å²) in [6.45, 7) is 1.20. The predicted octanol–water partition coefficient (Wildman–Crippen LogP) is 4.39. The fraction of sp³-hybridized carbons (Fsp3) is 0.333. The van der Waals surface area contributed by atoms with Gasteiger partial charge in [-0.15, -0.1) is 11.3 Å². The van der Waals surface area contributed by atoms with E-state index in [-0.39, 0.29) is 5.91 Å². The van der Waals surface area contributed by atoms with Crippen molar-refractivity contribution in [1.29, 1.82) is 0 Å². The van der Waals surface area contributed by atoms with Gasteiger partial charge < -0.3 is 10.1 Å². The highest BCUT2D eigenvalue weighted by molar-refractivity contribution is 9.13. The first-order chi connectivity index (χ1) is 10.6. The summed E-state index contributed by atoms with van der Waals surface area (Å²) in [5.74, 6) is 1.27. The lowest BCUT2D eigenvalue weighted by Gasteiger charge is -2.06. The quantitative estimate of drug-likeness (QED) is 0.717. The van der Waals surface area contributed by atoms with Crippen molar-refractivity contribution in [2.24, 2.45) is 5.92 Å². The summed E-state index contributed by atoms with van der Waals surface area (Å²) in [4.78, 5) is 17.0. The number of carbonyl (C=O) groups is 1. The lowest BCUT2D eigenvalue weighted by atomic mass is 10.3. The van der Waals surface area contributed by atoms with Crippen LogP contribution >= 0.6 is 43.2 Å². The Morgan fingerprint density at radius 2 is 2.23 bits per heavy atom. The van der Waals surface area contributed by atoms with Crippen molar-refractivity contribution in [3.05, 3.63) is 43.1 Å². The van der Waals surface area contributed by atoms with Crippen molar-refractivity contribution in [2.45, 2.75) is 19.4 Å². The highest BCUT2D eigenvalue weighted by Crippen LogP contribution is 2.32. The van der Waals surface area contributed by atoms with Gasteiger partial charge in [-0.05, 0) is 62.2 Å². The van der Waals surface area contributed by atoms with Gasteiger partial charge in [0.05, 0.1) is 15.3 Å². The highest BCUT2D eigenvalue weighted by Gasteiger charge is 2.22. The Hall–Kier alpha value is -0.920. The third kappa shape index (κ3) is 4.30. The number of hydrogen-bond acceptors (Lipinski definition) is 4. The average molecular weight is 446 g/mol. The van der Waals surface area contributed by atoms with Crippen molar-refractivity contribution < 1.29 is 9.53 Å². The van der Waals surface area contributed by atoms with Crippen LogP contribution in [0.2, 0.25) is 0 Å². The molecule has 2 aromatic heterocycles. The van der Waals surface area contributed by atoms with Gasteiger partial charge in [0.25, 0.3) is 5.91 Å². The Morgan fingerprint density at radius 3 is 2.82 bits per heavy atom. The Labute approximate surface area is 149 Å². The van der Waals surface area contributed by atoms with Gasteiger partial charge in [-0.2, -0.15) is 0 Å². The molecule has 0 aromatic carbocycles.